The molecule has 1 saturated heterocycles. The van der Waals surface area contributed by atoms with Crippen LogP contribution < -0.4 is 10.2 Å². The number of benzene rings is 2. The molecule has 0 unspecified atom stereocenters. The minimum atomic E-state index is -0.522. The van der Waals surface area contributed by atoms with Crippen LogP contribution in [-0.4, -0.2) is 23.3 Å². The van der Waals surface area contributed by atoms with Gasteiger partial charge in [0.1, 0.15) is 11.5 Å². The highest BCUT2D eigenvalue weighted by atomic mass is 19.1. The lowest BCUT2D eigenvalue weighted by Gasteiger charge is -2.17. The van der Waals surface area contributed by atoms with E-state index in [4.69, 9.17) is 0 Å². The predicted octanol–water partition coefficient (Wildman–Crippen LogP) is 4.30. The Morgan fingerprint density at radius 3 is 2.70 bits per heavy atom. The number of carbonyl (C=O) groups excluding carboxylic acids is 2. The molecule has 138 valence electrons. The maximum Gasteiger partial charge on any atom is 0.272 e. The Morgan fingerprint density at radius 1 is 1.19 bits per heavy atom. The first-order valence-electron chi connectivity index (χ1n) is 8.94. The first kappa shape index (κ1) is 17.3. The van der Waals surface area contributed by atoms with Crippen LogP contribution in [0.4, 0.5) is 15.8 Å². The summed E-state index contributed by atoms with van der Waals surface area (Å²) >= 11 is 0. The highest BCUT2D eigenvalue weighted by Gasteiger charge is 2.24. The monoisotopic (exact) mass is 365 g/mol. The number of fused-ring (bicyclic) bond motifs is 1. The number of amides is 2. The Hall–Kier alpha value is -3.15. The summed E-state index contributed by atoms with van der Waals surface area (Å²) in [6.07, 6.45) is 1.17. The molecule has 0 spiro atoms. The number of nitrogens with zero attached hydrogens (tertiary/aromatic N) is 1. The zero-order valence-electron chi connectivity index (χ0n) is 15.2. The standard InChI is InChI=1S/C21H20FN3O2/c1-12-5-7-17-15(13(12)2)11-18(24-17)21(27)23-14-6-8-19(16(22)10-14)25-9-3-4-20(25)26/h5-8,10-11,24H,3-4,9H2,1-2H3,(H,23,27). The average molecular weight is 365 g/mol. The van der Waals surface area contributed by atoms with Crippen LogP contribution in [0, 0.1) is 19.7 Å². The van der Waals surface area contributed by atoms with Gasteiger partial charge in [-0.2, -0.15) is 0 Å². The number of anilines is 2. The summed E-state index contributed by atoms with van der Waals surface area (Å²) in [6, 6.07) is 10.1. The molecule has 5 nitrogen and oxygen atoms in total. The SMILES string of the molecule is Cc1ccc2[nH]c(C(=O)Nc3ccc(N4CCCC4=O)c(F)c3)cc2c1C. The van der Waals surface area contributed by atoms with Gasteiger partial charge in [0.25, 0.3) is 5.91 Å². The van der Waals surface area contributed by atoms with Crippen molar-refractivity contribution >= 4 is 34.1 Å². The normalized spacial score (nSPS) is 14.2. The van der Waals surface area contributed by atoms with Gasteiger partial charge in [0.05, 0.1) is 5.69 Å². The van der Waals surface area contributed by atoms with Crippen LogP contribution in [0.2, 0.25) is 0 Å². The molecule has 1 aromatic heterocycles. The summed E-state index contributed by atoms with van der Waals surface area (Å²) in [5, 5.41) is 3.70. The maximum atomic E-state index is 14.4. The van der Waals surface area contributed by atoms with Gasteiger partial charge >= 0.3 is 0 Å². The number of hydrogen-bond donors (Lipinski definition) is 2. The molecule has 2 heterocycles. The van der Waals surface area contributed by atoms with Crippen molar-refractivity contribution in [3.63, 3.8) is 0 Å². The summed E-state index contributed by atoms with van der Waals surface area (Å²) in [6.45, 7) is 4.56. The first-order chi connectivity index (χ1) is 12.9. The van der Waals surface area contributed by atoms with Crippen LogP contribution in [0.1, 0.15) is 34.5 Å². The van der Waals surface area contributed by atoms with Crippen molar-refractivity contribution in [3.05, 3.63) is 59.0 Å². The Kier molecular flexibility index (Phi) is 4.18. The molecule has 27 heavy (non-hydrogen) atoms. The second kappa shape index (κ2) is 6.54. The highest BCUT2D eigenvalue weighted by molar-refractivity contribution is 6.06. The number of halogens is 1. The third-order valence-corrected chi connectivity index (χ3v) is 5.16. The van der Waals surface area contributed by atoms with Gasteiger partial charge in [-0.1, -0.05) is 6.07 Å². The van der Waals surface area contributed by atoms with Gasteiger partial charge in [0, 0.05) is 29.6 Å². The number of aromatic nitrogens is 1. The summed E-state index contributed by atoms with van der Waals surface area (Å²) < 4.78 is 14.4. The van der Waals surface area contributed by atoms with Crippen LogP contribution in [0.15, 0.2) is 36.4 Å². The van der Waals surface area contributed by atoms with E-state index in [-0.39, 0.29) is 17.5 Å². The molecule has 1 fully saturated rings. The molecular formula is C21H20FN3O2. The number of aromatic amines is 1. The van der Waals surface area contributed by atoms with E-state index in [9.17, 15) is 14.0 Å². The van der Waals surface area contributed by atoms with Crippen LogP contribution in [-0.2, 0) is 4.79 Å². The fourth-order valence-electron chi connectivity index (χ4n) is 3.49. The fourth-order valence-corrected chi connectivity index (χ4v) is 3.49. The zero-order valence-corrected chi connectivity index (χ0v) is 15.2. The van der Waals surface area contributed by atoms with Crippen molar-refractivity contribution in [2.45, 2.75) is 26.7 Å². The minimum Gasteiger partial charge on any atom is -0.351 e. The van der Waals surface area contributed by atoms with Gasteiger partial charge in [0.15, 0.2) is 0 Å². The van der Waals surface area contributed by atoms with E-state index in [0.717, 1.165) is 28.5 Å². The van der Waals surface area contributed by atoms with Gasteiger partial charge in [-0.05, 0) is 61.7 Å². The molecule has 0 aliphatic carbocycles. The van der Waals surface area contributed by atoms with Crippen LogP contribution in [0.5, 0.6) is 0 Å². The van der Waals surface area contributed by atoms with E-state index in [1.165, 1.54) is 17.0 Å². The van der Waals surface area contributed by atoms with Gasteiger partial charge < -0.3 is 15.2 Å². The predicted molar refractivity (Wildman–Crippen MR) is 104 cm³/mol. The van der Waals surface area contributed by atoms with E-state index in [0.29, 0.717) is 24.3 Å². The van der Waals surface area contributed by atoms with Gasteiger partial charge in [-0.3, -0.25) is 9.59 Å². The number of hydrogen-bond acceptors (Lipinski definition) is 2. The van der Waals surface area contributed by atoms with Gasteiger partial charge in [-0.25, -0.2) is 4.39 Å². The van der Waals surface area contributed by atoms with Crippen LogP contribution in [0.3, 0.4) is 0 Å². The number of rotatable bonds is 3. The molecule has 1 aliphatic rings. The molecule has 6 heteroatoms. The largest absolute Gasteiger partial charge is 0.351 e. The molecule has 0 saturated carbocycles. The summed E-state index contributed by atoms with van der Waals surface area (Å²) in [5.41, 5.74) is 4.18. The van der Waals surface area contributed by atoms with Gasteiger partial charge in [-0.15, -0.1) is 0 Å². The Balaban J connectivity index is 1.57. The van der Waals surface area contributed by atoms with E-state index >= 15 is 0 Å². The summed E-state index contributed by atoms with van der Waals surface area (Å²) in [5.74, 6) is -0.937. The third kappa shape index (κ3) is 3.07. The molecule has 0 radical (unpaired) electrons. The Labute approximate surface area is 156 Å². The molecule has 2 aromatic carbocycles. The van der Waals surface area contributed by atoms with Crippen molar-refractivity contribution in [1.29, 1.82) is 0 Å². The quantitative estimate of drug-likeness (QED) is 0.727. The number of nitrogens with one attached hydrogen (secondary N) is 2. The maximum absolute atomic E-state index is 14.4. The second-order valence-electron chi connectivity index (χ2n) is 6.92. The van der Waals surface area contributed by atoms with Gasteiger partial charge in [0.2, 0.25) is 5.91 Å². The van der Waals surface area contributed by atoms with Crippen molar-refractivity contribution in [2.75, 3.05) is 16.8 Å². The van der Waals surface area contributed by atoms with E-state index < -0.39 is 5.82 Å². The minimum absolute atomic E-state index is 0.0746. The van der Waals surface area contributed by atoms with E-state index in [1.807, 2.05) is 26.0 Å². The molecule has 0 bridgehead atoms. The van der Waals surface area contributed by atoms with Crippen molar-refractivity contribution < 1.29 is 14.0 Å². The Bertz CT molecular complexity index is 1070. The molecule has 2 amide bonds. The fraction of sp³-hybridized carbons (Fsp3) is 0.238. The lowest BCUT2D eigenvalue weighted by atomic mass is 10.1. The van der Waals surface area contributed by atoms with E-state index in [2.05, 4.69) is 10.3 Å². The summed E-state index contributed by atoms with van der Waals surface area (Å²) in [7, 11) is 0. The lowest BCUT2D eigenvalue weighted by molar-refractivity contribution is -0.117. The average Bonchev–Trinajstić information content (AvgIpc) is 3.25. The lowest BCUT2D eigenvalue weighted by Crippen LogP contribution is -2.24. The molecule has 0 atom stereocenters. The second-order valence-corrected chi connectivity index (χ2v) is 6.92. The number of carbonyl (C=O) groups is 2. The van der Waals surface area contributed by atoms with Crippen molar-refractivity contribution in [3.8, 4) is 0 Å². The third-order valence-electron chi connectivity index (χ3n) is 5.16. The topological polar surface area (TPSA) is 65.2 Å². The summed E-state index contributed by atoms with van der Waals surface area (Å²) in [4.78, 5) is 28.9. The van der Waals surface area contributed by atoms with Crippen LogP contribution >= 0.6 is 0 Å². The zero-order chi connectivity index (χ0) is 19.1. The number of aryl methyl sites for hydroxylation is 2. The van der Waals surface area contributed by atoms with Crippen molar-refractivity contribution in [2.24, 2.45) is 0 Å². The molecule has 1 aliphatic heterocycles. The Morgan fingerprint density at radius 2 is 2.00 bits per heavy atom. The smallest absolute Gasteiger partial charge is 0.272 e. The molecular weight excluding hydrogens is 345 g/mol. The first-order valence-corrected chi connectivity index (χ1v) is 8.94. The molecule has 2 N–H and O–H groups in total. The van der Waals surface area contributed by atoms with E-state index in [1.54, 1.807) is 12.1 Å². The van der Waals surface area contributed by atoms with Crippen LogP contribution in [0.25, 0.3) is 10.9 Å². The molecule has 3 aromatic rings. The molecule has 4 rings (SSSR count). The highest BCUT2D eigenvalue weighted by Crippen LogP contribution is 2.27. The van der Waals surface area contributed by atoms with Crippen molar-refractivity contribution in [1.82, 2.24) is 4.98 Å². The number of H-pyrrole nitrogens is 1.